The van der Waals surface area contributed by atoms with Crippen LogP contribution in [-0.4, -0.2) is 21.3 Å². The molecule has 3 heterocycles. The van der Waals surface area contributed by atoms with E-state index in [1.807, 2.05) is 31.3 Å². The topological polar surface area (TPSA) is 50.8 Å². The van der Waals surface area contributed by atoms with Crippen molar-refractivity contribution in [3.05, 3.63) is 69.1 Å². The van der Waals surface area contributed by atoms with Gasteiger partial charge in [-0.1, -0.05) is 0 Å². The van der Waals surface area contributed by atoms with E-state index >= 15 is 0 Å². The van der Waals surface area contributed by atoms with E-state index in [1.54, 1.807) is 18.5 Å². The summed E-state index contributed by atoms with van der Waals surface area (Å²) in [7, 11) is 1.97. The Hall–Kier alpha value is -1.92. The van der Waals surface area contributed by atoms with E-state index in [1.165, 1.54) is 4.40 Å². The van der Waals surface area contributed by atoms with Crippen LogP contribution in [0.25, 0.3) is 5.65 Å². The Morgan fingerprint density at radius 1 is 1.33 bits per heavy atom. The lowest BCUT2D eigenvalue weighted by molar-refractivity contribution is 0.285. The van der Waals surface area contributed by atoms with Gasteiger partial charge >= 0.3 is 0 Å². The quantitative estimate of drug-likeness (QED) is 0.728. The van der Waals surface area contributed by atoms with Crippen LogP contribution in [0.4, 0.5) is 0 Å². The number of rotatable bonds is 4. The van der Waals surface area contributed by atoms with Gasteiger partial charge in [0.15, 0.2) is 0 Å². The van der Waals surface area contributed by atoms with Gasteiger partial charge in [0.1, 0.15) is 11.4 Å². The first-order valence-corrected chi connectivity index (χ1v) is 7.30. The fourth-order valence-corrected chi connectivity index (χ4v) is 2.55. The SMILES string of the molecule is CN(Cc1cc(=O)n2cc(Br)ccc2n1)Cc1ccco1. The summed E-state index contributed by atoms with van der Waals surface area (Å²) >= 11 is 3.35. The molecule has 0 bridgehead atoms. The lowest BCUT2D eigenvalue weighted by Gasteiger charge is -2.14. The summed E-state index contributed by atoms with van der Waals surface area (Å²) in [4.78, 5) is 18.7. The van der Waals surface area contributed by atoms with Crippen molar-refractivity contribution in [2.45, 2.75) is 13.1 Å². The number of halogens is 1. The van der Waals surface area contributed by atoms with Gasteiger partial charge in [-0.05, 0) is 47.2 Å². The van der Waals surface area contributed by atoms with Gasteiger partial charge in [-0.2, -0.15) is 0 Å². The Balaban J connectivity index is 1.84. The first kappa shape index (κ1) is 14.0. The Bertz CT molecular complexity index is 811. The molecule has 0 atom stereocenters. The standard InChI is InChI=1S/C15H14BrN3O2/c1-18(10-13-3-2-6-21-13)9-12-7-15(20)19-8-11(16)4-5-14(19)17-12/h2-8H,9-10H2,1H3. The van der Waals surface area contributed by atoms with Crippen LogP contribution in [0.2, 0.25) is 0 Å². The zero-order chi connectivity index (χ0) is 14.8. The molecule has 0 aliphatic carbocycles. The summed E-state index contributed by atoms with van der Waals surface area (Å²) in [5.74, 6) is 0.888. The van der Waals surface area contributed by atoms with Crippen LogP contribution in [0.1, 0.15) is 11.5 Å². The molecule has 3 aromatic rings. The van der Waals surface area contributed by atoms with E-state index in [0.29, 0.717) is 18.7 Å². The van der Waals surface area contributed by atoms with Crippen molar-refractivity contribution in [1.82, 2.24) is 14.3 Å². The zero-order valence-electron chi connectivity index (χ0n) is 11.5. The number of fused-ring (bicyclic) bond motifs is 1. The minimum Gasteiger partial charge on any atom is -0.468 e. The average Bonchev–Trinajstić information content (AvgIpc) is 2.92. The van der Waals surface area contributed by atoms with E-state index in [9.17, 15) is 4.79 Å². The van der Waals surface area contributed by atoms with Crippen molar-refractivity contribution in [2.75, 3.05) is 7.05 Å². The van der Waals surface area contributed by atoms with Crippen molar-refractivity contribution in [3.8, 4) is 0 Å². The summed E-state index contributed by atoms with van der Waals surface area (Å²) in [5.41, 5.74) is 1.31. The van der Waals surface area contributed by atoms with Crippen LogP contribution in [0.3, 0.4) is 0 Å². The number of furan rings is 1. The molecule has 0 saturated carbocycles. The van der Waals surface area contributed by atoms with Gasteiger partial charge in [0.25, 0.3) is 5.56 Å². The van der Waals surface area contributed by atoms with E-state index < -0.39 is 0 Å². The van der Waals surface area contributed by atoms with Crippen molar-refractivity contribution in [3.63, 3.8) is 0 Å². The number of nitrogens with zero attached hydrogens (tertiary/aromatic N) is 3. The van der Waals surface area contributed by atoms with Crippen LogP contribution >= 0.6 is 15.9 Å². The zero-order valence-corrected chi connectivity index (χ0v) is 13.1. The van der Waals surface area contributed by atoms with Gasteiger partial charge in [-0.25, -0.2) is 4.98 Å². The largest absolute Gasteiger partial charge is 0.468 e. The molecule has 3 rings (SSSR count). The molecule has 21 heavy (non-hydrogen) atoms. The van der Waals surface area contributed by atoms with Gasteiger partial charge < -0.3 is 4.42 Å². The Kier molecular flexibility index (Phi) is 3.90. The van der Waals surface area contributed by atoms with Gasteiger partial charge in [0.2, 0.25) is 0 Å². The van der Waals surface area contributed by atoms with E-state index in [2.05, 4.69) is 25.8 Å². The third kappa shape index (κ3) is 3.22. The maximum absolute atomic E-state index is 12.1. The molecule has 5 nitrogen and oxygen atoms in total. The Labute approximate surface area is 130 Å². The predicted molar refractivity (Wildman–Crippen MR) is 83.0 cm³/mol. The summed E-state index contributed by atoms with van der Waals surface area (Å²) in [6.45, 7) is 1.26. The summed E-state index contributed by atoms with van der Waals surface area (Å²) < 4.78 is 7.69. The minimum absolute atomic E-state index is 0.0808. The van der Waals surface area contributed by atoms with Crippen molar-refractivity contribution < 1.29 is 4.42 Å². The molecule has 6 heteroatoms. The monoisotopic (exact) mass is 347 g/mol. The molecule has 0 aliphatic heterocycles. The second-order valence-corrected chi connectivity index (χ2v) is 5.83. The molecule has 0 unspecified atom stereocenters. The van der Waals surface area contributed by atoms with Gasteiger partial charge in [0.05, 0.1) is 18.5 Å². The highest BCUT2D eigenvalue weighted by Gasteiger charge is 2.07. The third-order valence-corrected chi connectivity index (χ3v) is 3.58. The molecule has 0 aromatic carbocycles. The van der Waals surface area contributed by atoms with Gasteiger partial charge in [0, 0.05) is 23.3 Å². The first-order chi connectivity index (χ1) is 10.1. The number of pyridine rings is 1. The van der Waals surface area contributed by atoms with Crippen LogP contribution in [0.5, 0.6) is 0 Å². The molecule has 0 N–H and O–H groups in total. The van der Waals surface area contributed by atoms with Gasteiger partial charge in [-0.15, -0.1) is 0 Å². The predicted octanol–water partition coefficient (Wildman–Crippen LogP) is 2.68. The summed E-state index contributed by atoms with van der Waals surface area (Å²) in [6.07, 6.45) is 3.38. The van der Waals surface area contributed by atoms with Crippen molar-refractivity contribution in [1.29, 1.82) is 0 Å². The molecular weight excluding hydrogens is 334 g/mol. The van der Waals surface area contributed by atoms with Crippen molar-refractivity contribution in [2.24, 2.45) is 0 Å². The lowest BCUT2D eigenvalue weighted by Crippen LogP contribution is -2.21. The Morgan fingerprint density at radius 2 is 2.19 bits per heavy atom. The van der Waals surface area contributed by atoms with E-state index in [-0.39, 0.29) is 5.56 Å². The Morgan fingerprint density at radius 3 is 2.95 bits per heavy atom. The van der Waals surface area contributed by atoms with Crippen LogP contribution in [-0.2, 0) is 13.1 Å². The highest BCUT2D eigenvalue weighted by atomic mass is 79.9. The average molecular weight is 348 g/mol. The number of aromatic nitrogens is 2. The lowest BCUT2D eigenvalue weighted by atomic mass is 10.3. The second-order valence-electron chi connectivity index (χ2n) is 4.91. The molecule has 3 aromatic heterocycles. The second kappa shape index (κ2) is 5.83. The highest BCUT2D eigenvalue weighted by molar-refractivity contribution is 9.10. The van der Waals surface area contributed by atoms with Crippen LogP contribution in [0.15, 0.2) is 56.5 Å². The molecule has 108 valence electrons. The summed E-state index contributed by atoms with van der Waals surface area (Å²) in [5, 5.41) is 0. The van der Waals surface area contributed by atoms with Crippen LogP contribution in [0, 0.1) is 0 Å². The smallest absolute Gasteiger partial charge is 0.258 e. The first-order valence-electron chi connectivity index (χ1n) is 6.50. The molecule has 0 saturated heterocycles. The van der Waals surface area contributed by atoms with Gasteiger partial charge in [-0.3, -0.25) is 14.1 Å². The fraction of sp³-hybridized carbons (Fsp3) is 0.200. The molecule has 0 amide bonds. The molecule has 0 spiro atoms. The maximum Gasteiger partial charge on any atom is 0.258 e. The molecule has 0 radical (unpaired) electrons. The number of hydrogen-bond donors (Lipinski definition) is 0. The number of hydrogen-bond acceptors (Lipinski definition) is 4. The molecular formula is C15H14BrN3O2. The van der Waals surface area contributed by atoms with E-state index in [0.717, 1.165) is 15.9 Å². The normalized spacial score (nSPS) is 11.4. The molecule has 0 fully saturated rings. The van der Waals surface area contributed by atoms with Crippen molar-refractivity contribution >= 4 is 21.6 Å². The van der Waals surface area contributed by atoms with E-state index in [4.69, 9.17) is 4.42 Å². The fourth-order valence-electron chi connectivity index (χ4n) is 2.21. The molecule has 0 aliphatic rings. The highest BCUT2D eigenvalue weighted by Crippen LogP contribution is 2.11. The maximum atomic E-state index is 12.1. The van der Waals surface area contributed by atoms with Crippen LogP contribution < -0.4 is 5.56 Å². The minimum atomic E-state index is -0.0808. The third-order valence-electron chi connectivity index (χ3n) is 3.11. The summed E-state index contributed by atoms with van der Waals surface area (Å²) in [6, 6.07) is 9.05.